The van der Waals surface area contributed by atoms with Crippen LogP contribution in [0.3, 0.4) is 0 Å². The van der Waals surface area contributed by atoms with E-state index >= 15 is 0 Å². The van der Waals surface area contributed by atoms with Crippen molar-refractivity contribution in [3.63, 3.8) is 0 Å². The molecule has 1 fully saturated rings. The fourth-order valence-electron chi connectivity index (χ4n) is 3.16. The Balaban J connectivity index is 1.46. The van der Waals surface area contributed by atoms with Crippen LogP contribution in [0.25, 0.3) is 10.9 Å². The quantitative estimate of drug-likeness (QED) is 0.749. The molecule has 0 unspecified atom stereocenters. The molecule has 3 aromatic rings. The summed E-state index contributed by atoms with van der Waals surface area (Å²) in [6.07, 6.45) is 6.07. The summed E-state index contributed by atoms with van der Waals surface area (Å²) in [7, 11) is 0. The van der Waals surface area contributed by atoms with Crippen molar-refractivity contribution in [3.8, 4) is 0 Å². The number of carbonyl (C=O) groups excluding carboxylic acids is 1. The number of rotatable bonds is 2. The molecule has 0 radical (unpaired) electrons. The number of urea groups is 1. The van der Waals surface area contributed by atoms with Gasteiger partial charge in [0.1, 0.15) is 0 Å². The smallest absolute Gasteiger partial charge is 0.321 e. The molecule has 1 aliphatic heterocycles. The van der Waals surface area contributed by atoms with Crippen LogP contribution in [0.5, 0.6) is 0 Å². The first-order valence-corrected chi connectivity index (χ1v) is 8.17. The highest BCUT2D eigenvalue weighted by Gasteiger charge is 2.28. The maximum atomic E-state index is 12.5. The number of H-pyrrole nitrogens is 1. The van der Waals surface area contributed by atoms with Gasteiger partial charge >= 0.3 is 6.03 Å². The molecule has 2 N–H and O–H groups in total. The lowest BCUT2D eigenvalue weighted by Crippen LogP contribution is -2.33. The van der Waals surface area contributed by atoms with Crippen LogP contribution in [0.1, 0.15) is 18.0 Å². The number of nitrogens with one attached hydrogen (secondary N) is 2. The van der Waals surface area contributed by atoms with Crippen LogP contribution < -0.4 is 5.32 Å². The summed E-state index contributed by atoms with van der Waals surface area (Å²) in [6, 6.07) is 3.92. The minimum atomic E-state index is -0.103. The Morgan fingerprint density at radius 1 is 1.42 bits per heavy atom. The van der Waals surface area contributed by atoms with Gasteiger partial charge in [-0.05, 0) is 31.0 Å². The SMILES string of the molecule is Cc1cc(NC(=O)N2CC[C@@H](n3cc(Cl)cn3)C2)cc2[nH]ncc12. The van der Waals surface area contributed by atoms with Gasteiger partial charge in [-0.15, -0.1) is 0 Å². The van der Waals surface area contributed by atoms with Gasteiger partial charge in [0.15, 0.2) is 0 Å². The molecule has 2 aromatic heterocycles. The summed E-state index contributed by atoms with van der Waals surface area (Å²) < 4.78 is 1.83. The number of anilines is 1. The predicted molar refractivity (Wildman–Crippen MR) is 92.3 cm³/mol. The first kappa shape index (κ1) is 15.0. The van der Waals surface area contributed by atoms with E-state index in [1.165, 1.54) is 0 Å². The van der Waals surface area contributed by atoms with Crippen LogP contribution >= 0.6 is 11.6 Å². The lowest BCUT2D eigenvalue weighted by Gasteiger charge is -2.18. The second-order valence-electron chi connectivity index (χ2n) is 6.08. The van der Waals surface area contributed by atoms with Gasteiger partial charge in [-0.2, -0.15) is 10.2 Å². The topological polar surface area (TPSA) is 78.8 Å². The highest BCUT2D eigenvalue weighted by atomic mass is 35.5. The van der Waals surface area contributed by atoms with E-state index in [4.69, 9.17) is 11.6 Å². The van der Waals surface area contributed by atoms with Crippen LogP contribution in [0.2, 0.25) is 5.02 Å². The molecule has 3 heterocycles. The second kappa shape index (κ2) is 5.83. The average Bonchev–Trinajstić information content (AvgIpc) is 3.25. The molecule has 124 valence electrons. The number of likely N-dealkylation sites (tertiary alicyclic amines) is 1. The lowest BCUT2D eigenvalue weighted by atomic mass is 10.1. The Bertz CT molecular complexity index is 901. The molecule has 1 atom stereocenters. The van der Waals surface area contributed by atoms with Gasteiger partial charge in [-0.3, -0.25) is 9.78 Å². The summed E-state index contributed by atoms with van der Waals surface area (Å²) in [5, 5.41) is 15.8. The molecule has 1 aromatic carbocycles. The minimum Gasteiger partial charge on any atom is -0.322 e. The van der Waals surface area contributed by atoms with Crippen molar-refractivity contribution in [3.05, 3.63) is 41.3 Å². The van der Waals surface area contributed by atoms with Crippen LogP contribution in [0.15, 0.2) is 30.7 Å². The van der Waals surface area contributed by atoms with Gasteiger partial charge in [0, 0.05) is 30.4 Å². The number of nitrogens with zero attached hydrogens (tertiary/aromatic N) is 4. The van der Waals surface area contributed by atoms with Crippen LogP contribution in [0.4, 0.5) is 10.5 Å². The van der Waals surface area contributed by atoms with E-state index in [1.807, 2.05) is 23.7 Å². The Morgan fingerprint density at radius 3 is 3.08 bits per heavy atom. The number of aromatic amines is 1. The van der Waals surface area contributed by atoms with Gasteiger partial charge in [0.05, 0.1) is 29.0 Å². The van der Waals surface area contributed by atoms with Crippen molar-refractivity contribution in [2.24, 2.45) is 0 Å². The van der Waals surface area contributed by atoms with Crippen molar-refractivity contribution < 1.29 is 4.79 Å². The number of amides is 2. The van der Waals surface area contributed by atoms with E-state index in [1.54, 1.807) is 23.5 Å². The summed E-state index contributed by atoms with van der Waals surface area (Å²) in [5.74, 6) is 0. The predicted octanol–water partition coefficient (Wildman–Crippen LogP) is 3.20. The Hall–Kier alpha value is -2.54. The zero-order chi connectivity index (χ0) is 16.7. The molecule has 7 nitrogen and oxygen atoms in total. The summed E-state index contributed by atoms with van der Waals surface area (Å²) >= 11 is 5.91. The Labute approximate surface area is 143 Å². The van der Waals surface area contributed by atoms with Gasteiger partial charge in [0.2, 0.25) is 0 Å². The fraction of sp³-hybridized carbons (Fsp3) is 0.312. The maximum Gasteiger partial charge on any atom is 0.321 e. The van der Waals surface area contributed by atoms with Crippen molar-refractivity contribution in [1.29, 1.82) is 0 Å². The Kier molecular flexibility index (Phi) is 3.65. The normalized spacial score (nSPS) is 17.6. The third kappa shape index (κ3) is 2.71. The molecule has 4 rings (SSSR count). The molecule has 0 spiro atoms. The lowest BCUT2D eigenvalue weighted by molar-refractivity contribution is 0.220. The standard InChI is InChI=1S/C16H17ClN6O/c1-10-4-12(5-15-14(10)7-18-21-15)20-16(24)22-3-2-13(9-22)23-8-11(17)6-19-23/h4-8,13H,2-3,9H2,1H3,(H,18,21)(H,20,24)/t13-/m1/s1. The number of aromatic nitrogens is 4. The van der Waals surface area contributed by atoms with Crippen LogP contribution in [-0.2, 0) is 0 Å². The molecule has 0 aliphatic carbocycles. The summed E-state index contributed by atoms with van der Waals surface area (Å²) in [4.78, 5) is 14.3. The van der Waals surface area contributed by atoms with E-state index in [0.29, 0.717) is 18.1 Å². The molecule has 1 aliphatic rings. The fourth-order valence-corrected chi connectivity index (χ4v) is 3.30. The van der Waals surface area contributed by atoms with Gasteiger partial charge in [0.25, 0.3) is 0 Å². The van der Waals surface area contributed by atoms with Crippen molar-refractivity contribution in [2.75, 3.05) is 18.4 Å². The molecule has 0 saturated carbocycles. The minimum absolute atomic E-state index is 0.103. The second-order valence-corrected chi connectivity index (χ2v) is 6.52. The average molecular weight is 345 g/mol. The molecule has 2 amide bonds. The van der Waals surface area contributed by atoms with E-state index in [9.17, 15) is 4.79 Å². The maximum absolute atomic E-state index is 12.5. The van der Waals surface area contributed by atoms with Gasteiger partial charge in [-0.1, -0.05) is 11.6 Å². The molecule has 8 heteroatoms. The van der Waals surface area contributed by atoms with Gasteiger partial charge < -0.3 is 10.2 Å². The van der Waals surface area contributed by atoms with Gasteiger partial charge in [-0.25, -0.2) is 4.79 Å². The van der Waals surface area contributed by atoms with E-state index < -0.39 is 0 Å². The third-order valence-corrected chi connectivity index (χ3v) is 4.61. The zero-order valence-electron chi connectivity index (χ0n) is 13.2. The number of halogens is 1. The van der Waals surface area contributed by atoms with E-state index in [-0.39, 0.29) is 12.1 Å². The molecular weight excluding hydrogens is 328 g/mol. The third-order valence-electron chi connectivity index (χ3n) is 4.41. The number of fused-ring (bicyclic) bond motifs is 1. The zero-order valence-corrected chi connectivity index (χ0v) is 13.9. The number of benzene rings is 1. The highest BCUT2D eigenvalue weighted by molar-refractivity contribution is 6.30. The number of hydrogen-bond donors (Lipinski definition) is 2. The highest BCUT2D eigenvalue weighted by Crippen LogP contribution is 2.25. The first-order chi connectivity index (χ1) is 11.6. The number of aryl methyl sites for hydroxylation is 1. The van der Waals surface area contributed by atoms with Crippen molar-refractivity contribution in [1.82, 2.24) is 24.9 Å². The van der Waals surface area contributed by atoms with Crippen LogP contribution in [-0.4, -0.2) is 44.0 Å². The van der Waals surface area contributed by atoms with Crippen molar-refractivity contribution >= 4 is 34.2 Å². The van der Waals surface area contributed by atoms with E-state index in [0.717, 1.165) is 28.6 Å². The number of carbonyl (C=O) groups is 1. The monoisotopic (exact) mass is 344 g/mol. The largest absolute Gasteiger partial charge is 0.322 e. The molecule has 24 heavy (non-hydrogen) atoms. The first-order valence-electron chi connectivity index (χ1n) is 7.79. The molecule has 1 saturated heterocycles. The summed E-state index contributed by atoms with van der Waals surface area (Å²) in [5.41, 5.74) is 2.75. The summed E-state index contributed by atoms with van der Waals surface area (Å²) in [6.45, 7) is 3.31. The Morgan fingerprint density at radius 2 is 2.29 bits per heavy atom. The van der Waals surface area contributed by atoms with Crippen LogP contribution in [0, 0.1) is 6.92 Å². The molecule has 0 bridgehead atoms. The van der Waals surface area contributed by atoms with Crippen molar-refractivity contribution in [2.45, 2.75) is 19.4 Å². The molecular formula is C16H17ClN6O. The number of hydrogen-bond acceptors (Lipinski definition) is 3. The van der Waals surface area contributed by atoms with E-state index in [2.05, 4.69) is 20.6 Å².